The minimum absolute atomic E-state index is 0.231. The number of rotatable bonds is 3. The van der Waals surface area contributed by atoms with Gasteiger partial charge in [0.15, 0.2) is 0 Å². The summed E-state index contributed by atoms with van der Waals surface area (Å²) >= 11 is 1.47. The van der Waals surface area contributed by atoms with Crippen molar-refractivity contribution in [2.45, 2.75) is 64.8 Å². The van der Waals surface area contributed by atoms with Crippen LogP contribution in [0.15, 0.2) is 24.3 Å². The van der Waals surface area contributed by atoms with Crippen LogP contribution >= 0.6 is 11.3 Å². The van der Waals surface area contributed by atoms with Gasteiger partial charge in [-0.3, -0.25) is 0 Å². The van der Waals surface area contributed by atoms with Crippen LogP contribution in [0.5, 0.6) is 0 Å². The summed E-state index contributed by atoms with van der Waals surface area (Å²) in [7, 11) is -0.558. The van der Waals surface area contributed by atoms with Gasteiger partial charge in [0, 0.05) is 11.4 Å². The Labute approximate surface area is 170 Å². The topological polar surface area (TPSA) is 41.9 Å². The van der Waals surface area contributed by atoms with Crippen LogP contribution in [0.1, 0.15) is 52.0 Å². The van der Waals surface area contributed by atoms with E-state index in [9.17, 15) is 9.50 Å². The first kappa shape index (κ1) is 19.9. The summed E-state index contributed by atoms with van der Waals surface area (Å²) in [6, 6.07) is 7.17. The minimum Gasteiger partial charge on any atom is -0.399 e. The Morgan fingerprint density at radius 1 is 1.18 bits per heavy atom. The summed E-state index contributed by atoms with van der Waals surface area (Å²) in [4.78, 5) is 2.80. The standard InChI is InChI=1S/C21H27BFNO3S/c1-19(2,25)16-12-15(24-11-10-13-8-7-9-14(23)17(13)24)18(28-16)22-26-20(3,4)21(5,6)27-22/h7-9,12,25H,10-11H2,1-6H3. The van der Waals surface area contributed by atoms with Crippen molar-refractivity contribution in [1.29, 1.82) is 0 Å². The highest BCUT2D eigenvalue weighted by molar-refractivity contribution is 7.23. The van der Waals surface area contributed by atoms with Gasteiger partial charge in [-0.25, -0.2) is 4.39 Å². The molecule has 1 saturated heterocycles. The highest BCUT2D eigenvalue weighted by Gasteiger charge is 2.53. The Kier molecular flexibility index (Phi) is 4.47. The zero-order valence-corrected chi connectivity index (χ0v) is 18.1. The monoisotopic (exact) mass is 403 g/mol. The predicted molar refractivity (Wildman–Crippen MR) is 112 cm³/mol. The van der Waals surface area contributed by atoms with Gasteiger partial charge >= 0.3 is 7.12 Å². The minimum atomic E-state index is -1.00. The Morgan fingerprint density at radius 2 is 1.82 bits per heavy atom. The molecule has 1 aromatic heterocycles. The van der Waals surface area contributed by atoms with E-state index in [-0.39, 0.29) is 5.82 Å². The Morgan fingerprint density at radius 3 is 2.43 bits per heavy atom. The summed E-state index contributed by atoms with van der Waals surface area (Å²) < 4.78 is 28.1. The summed E-state index contributed by atoms with van der Waals surface area (Å²) in [6.45, 7) is 12.3. The molecule has 0 bridgehead atoms. The smallest absolute Gasteiger partial charge is 0.399 e. The maximum absolute atomic E-state index is 14.7. The average molecular weight is 403 g/mol. The Bertz CT molecular complexity index is 903. The summed E-state index contributed by atoms with van der Waals surface area (Å²) in [5.74, 6) is -0.231. The zero-order chi connectivity index (χ0) is 20.5. The van der Waals surface area contributed by atoms with E-state index in [1.54, 1.807) is 19.9 Å². The molecule has 150 valence electrons. The van der Waals surface area contributed by atoms with Gasteiger partial charge in [-0.1, -0.05) is 12.1 Å². The lowest BCUT2D eigenvalue weighted by Crippen LogP contribution is -2.41. The highest BCUT2D eigenvalue weighted by atomic mass is 32.1. The van der Waals surface area contributed by atoms with E-state index >= 15 is 0 Å². The first-order valence-electron chi connectivity index (χ1n) is 9.68. The first-order chi connectivity index (χ1) is 12.9. The number of aliphatic hydroxyl groups is 1. The van der Waals surface area contributed by atoms with Crippen LogP contribution in [-0.4, -0.2) is 30.0 Å². The molecule has 2 aliphatic heterocycles. The number of hydrogen-bond donors (Lipinski definition) is 1. The van der Waals surface area contributed by atoms with Crippen LogP contribution in [0.25, 0.3) is 0 Å². The second-order valence-electron chi connectivity index (χ2n) is 9.16. The Balaban J connectivity index is 1.82. The molecule has 4 rings (SSSR count). The SMILES string of the molecule is CC(C)(O)c1cc(N2CCc3cccc(F)c32)c(B2OC(C)(C)C(C)(C)O2)s1. The van der Waals surface area contributed by atoms with Gasteiger partial charge in [0.05, 0.1) is 33.0 Å². The Hall–Kier alpha value is -1.41. The van der Waals surface area contributed by atoms with Crippen molar-refractivity contribution in [3.05, 3.63) is 40.5 Å². The third-order valence-corrected chi connectivity index (χ3v) is 7.51. The lowest BCUT2D eigenvalue weighted by atomic mass is 9.86. The zero-order valence-electron chi connectivity index (χ0n) is 17.3. The molecule has 7 heteroatoms. The molecule has 3 heterocycles. The predicted octanol–water partition coefficient (Wildman–Crippen LogP) is 4.11. The van der Waals surface area contributed by atoms with Crippen molar-refractivity contribution in [2.75, 3.05) is 11.4 Å². The average Bonchev–Trinajstić information content (AvgIpc) is 3.21. The van der Waals surface area contributed by atoms with Crippen LogP contribution < -0.4 is 9.68 Å². The number of halogens is 1. The molecule has 1 N–H and O–H groups in total. The van der Waals surface area contributed by atoms with E-state index < -0.39 is 23.9 Å². The lowest BCUT2D eigenvalue weighted by molar-refractivity contribution is 0.00578. The van der Waals surface area contributed by atoms with E-state index in [2.05, 4.69) is 0 Å². The van der Waals surface area contributed by atoms with Gasteiger partial charge in [0.1, 0.15) is 5.82 Å². The van der Waals surface area contributed by atoms with E-state index in [1.807, 2.05) is 44.7 Å². The number of para-hydroxylation sites is 1. The van der Waals surface area contributed by atoms with E-state index in [1.165, 1.54) is 17.4 Å². The van der Waals surface area contributed by atoms with Crippen LogP contribution in [-0.2, 0) is 21.3 Å². The first-order valence-corrected chi connectivity index (χ1v) is 10.5. The molecule has 0 aliphatic carbocycles. The number of nitrogens with zero attached hydrogens (tertiary/aromatic N) is 1. The fourth-order valence-corrected chi connectivity index (χ4v) is 4.80. The normalized spacial score (nSPS) is 20.7. The van der Waals surface area contributed by atoms with Crippen molar-refractivity contribution < 1.29 is 18.8 Å². The summed E-state index contributed by atoms with van der Waals surface area (Å²) in [5.41, 5.74) is 0.518. The van der Waals surface area contributed by atoms with Crippen LogP contribution in [0.2, 0.25) is 0 Å². The molecule has 1 aromatic carbocycles. The van der Waals surface area contributed by atoms with Gasteiger partial charge in [0.2, 0.25) is 0 Å². The molecule has 0 spiro atoms. The third kappa shape index (κ3) is 3.09. The number of fused-ring (bicyclic) bond motifs is 1. The van der Waals surface area contributed by atoms with E-state index in [0.29, 0.717) is 12.2 Å². The van der Waals surface area contributed by atoms with Crippen molar-refractivity contribution in [1.82, 2.24) is 0 Å². The van der Waals surface area contributed by atoms with Crippen molar-refractivity contribution >= 4 is 34.6 Å². The summed E-state index contributed by atoms with van der Waals surface area (Å²) in [6.07, 6.45) is 0.781. The molecular weight excluding hydrogens is 376 g/mol. The fraction of sp³-hybridized carbons (Fsp3) is 0.524. The molecule has 0 atom stereocenters. The second-order valence-corrected chi connectivity index (χ2v) is 10.2. The van der Waals surface area contributed by atoms with Crippen LogP contribution in [0.3, 0.4) is 0 Å². The van der Waals surface area contributed by atoms with Crippen LogP contribution in [0, 0.1) is 5.82 Å². The number of hydrogen-bond acceptors (Lipinski definition) is 5. The fourth-order valence-electron chi connectivity index (χ4n) is 3.68. The molecule has 4 nitrogen and oxygen atoms in total. The largest absolute Gasteiger partial charge is 0.507 e. The molecule has 0 amide bonds. The maximum Gasteiger partial charge on any atom is 0.507 e. The highest BCUT2D eigenvalue weighted by Crippen LogP contribution is 2.43. The molecule has 0 radical (unpaired) electrons. The van der Waals surface area contributed by atoms with Crippen molar-refractivity contribution in [3.63, 3.8) is 0 Å². The quantitative estimate of drug-likeness (QED) is 0.784. The van der Waals surface area contributed by atoms with Gasteiger partial charge < -0.3 is 19.3 Å². The van der Waals surface area contributed by atoms with Crippen molar-refractivity contribution in [2.24, 2.45) is 0 Å². The molecular formula is C21H27BFNO3S. The molecule has 2 aromatic rings. The number of anilines is 2. The van der Waals surface area contributed by atoms with Gasteiger partial charge in [-0.15, -0.1) is 11.3 Å². The number of thiophene rings is 1. The molecule has 2 aliphatic rings. The third-order valence-electron chi connectivity index (χ3n) is 6.05. The summed E-state index contributed by atoms with van der Waals surface area (Å²) in [5, 5.41) is 10.6. The number of benzene rings is 1. The van der Waals surface area contributed by atoms with Gasteiger partial charge in [-0.2, -0.15) is 0 Å². The van der Waals surface area contributed by atoms with Gasteiger partial charge in [0.25, 0.3) is 0 Å². The lowest BCUT2D eigenvalue weighted by Gasteiger charge is -2.32. The van der Waals surface area contributed by atoms with E-state index in [0.717, 1.165) is 27.3 Å². The van der Waals surface area contributed by atoms with Gasteiger partial charge in [-0.05, 0) is 65.7 Å². The molecule has 1 fully saturated rings. The molecule has 28 heavy (non-hydrogen) atoms. The second kappa shape index (κ2) is 6.29. The maximum atomic E-state index is 14.7. The van der Waals surface area contributed by atoms with Crippen molar-refractivity contribution in [3.8, 4) is 0 Å². The molecule has 0 saturated carbocycles. The molecule has 0 unspecified atom stereocenters. The van der Waals surface area contributed by atoms with Crippen LogP contribution in [0.4, 0.5) is 15.8 Å². The van der Waals surface area contributed by atoms with E-state index in [4.69, 9.17) is 9.31 Å².